The third-order valence-corrected chi connectivity index (χ3v) is 15.0. The van der Waals surface area contributed by atoms with E-state index < -0.39 is 57.6 Å². The number of carbonyl (C=O) groups is 1. The van der Waals surface area contributed by atoms with E-state index in [0.29, 0.717) is 67.5 Å². The zero-order valence-corrected chi connectivity index (χ0v) is 53.7. The lowest BCUT2D eigenvalue weighted by Crippen LogP contribution is -2.32. The molecule has 0 amide bonds. The van der Waals surface area contributed by atoms with Gasteiger partial charge in [-0.15, -0.1) is 0 Å². The van der Waals surface area contributed by atoms with Gasteiger partial charge in [-0.3, -0.25) is 24.0 Å². The second-order valence-corrected chi connectivity index (χ2v) is 25.4. The van der Waals surface area contributed by atoms with Crippen LogP contribution in [0.3, 0.4) is 0 Å². The fraction of sp³-hybridized carbons (Fsp3) is 0.309. The summed E-state index contributed by atoms with van der Waals surface area (Å²) >= 11 is 0. The van der Waals surface area contributed by atoms with Crippen LogP contribution in [0.5, 0.6) is 11.5 Å². The van der Waals surface area contributed by atoms with E-state index in [0.717, 1.165) is 29.9 Å². The zero-order chi connectivity index (χ0) is 67.6. The minimum atomic E-state index is -0.803. The molecule has 0 spiro atoms. The van der Waals surface area contributed by atoms with E-state index in [1.807, 2.05) is 41.5 Å². The Kier molecular flexibility index (Phi) is 19.1. The quantitative estimate of drug-likeness (QED) is 0.0530. The molecule has 0 fully saturated rings. The van der Waals surface area contributed by atoms with Gasteiger partial charge in [0.1, 0.15) is 64.0 Å². The van der Waals surface area contributed by atoms with E-state index >= 15 is 8.78 Å². The van der Waals surface area contributed by atoms with Crippen LogP contribution in [-0.4, -0.2) is 94.8 Å². The highest BCUT2D eigenvalue weighted by atomic mass is 19.1. The Morgan fingerprint density at radius 2 is 0.946 bits per heavy atom. The second kappa shape index (κ2) is 26.5. The number of hydrogen-bond donors (Lipinski definition) is 5. The number of pyridine rings is 2. The molecule has 6 heterocycles. The highest BCUT2D eigenvalue weighted by molar-refractivity contribution is 5.84. The van der Waals surface area contributed by atoms with Gasteiger partial charge in [0.2, 0.25) is 0 Å². The van der Waals surface area contributed by atoms with Gasteiger partial charge in [0.25, 0.3) is 22.2 Å². The molecule has 0 aliphatic heterocycles. The molecule has 0 bridgehead atoms. The third-order valence-electron chi connectivity index (χ3n) is 15.0. The van der Waals surface area contributed by atoms with Crippen LogP contribution in [0.2, 0.25) is 0 Å². The van der Waals surface area contributed by atoms with Crippen molar-refractivity contribution in [1.29, 1.82) is 0 Å². The number of aliphatic hydroxyl groups is 3. The minimum Gasteiger partial charge on any atom is -0.484 e. The van der Waals surface area contributed by atoms with Crippen LogP contribution in [0.15, 0.2) is 141 Å². The van der Waals surface area contributed by atoms with Crippen LogP contribution in [0, 0.1) is 11.6 Å². The molecular weight excluding hydrogens is 1200 g/mol. The molecular formula is C68H72F2N12O11. The normalized spacial score (nSPS) is 11.9. The summed E-state index contributed by atoms with van der Waals surface area (Å²) in [5, 5.41) is 53.5. The predicted molar refractivity (Wildman–Crippen MR) is 349 cm³/mol. The van der Waals surface area contributed by atoms with Crippen LogP contribution < -0.4 is 42.3 Å². The van der Waals surface area contributed by atoms with E-state index in [9.17, 15) is 39.3 Å². The number of aliphatic hydroxyl groups excluding tert-OH is 3. The summed E-state index contributed by atoms with van der Waals surface area (Å²) < 4.78 is 52.0. The molecule has 23 nitrogen and oxygen atoms in total. The summed E-state index contributed by atoms with van der Waals surface area (Å²) in [5.74, 6) is -0.305. The number of fused-ring (bicyclic) bond motifs is 2. The number of carbonyl (C=O) groups excluding carboxylic acids is 1. The number of esters is 1. The van der Waals surface area contributed by atoms with E-state index in [1.165, 1.54) is 70.1 Å². The van der Waals surface area contributed by atoms with Crippen molar-refractivity contribution in [3.63, 3.8) is 0 Å². The van der Waals surface area contributed by atoms with Crippen molar-refractivity contribution in [2.45, 2.75) is 111 Å². The lowest BCUT2D eigenvalue weighted by Gasteiger charge is -2.23. The van der Waals surface area contributed by atoms with Gasteiger partial charge in [-0.05, 0) is 122 Å². The maximum absolute atomic E-state index is 15.5. The van der Waals surface area contributed by atoms with Crippen molar-refractivity contribution in [1.82, 2.24) is 49.1 Å². The maximum Gasteiger partial charge on any atom is 0.302 e. The Balaban J connectivity index is 0.000000220. The van der Waals surface area contributed by atoms with E-state index in [4.69, 9.17) is 14.2 Å². The van der Waals surface area contributed by atoms with E-state index in [2.05, 4.69) is 41.0 Å². The first-order valence-corrected chi connectivity index (χ1v) is 29.5. The van der Waals surface area contributed by atoms with Gasteiger partial charge in [0, 0.05) is 54.0 Å². The summed E-state index contributed by atoms with van der Waals surface area (Å²) in [6.07, 6.45) is 5.80. The first-order chi connectivity index (χ1) is 43.8. The molecule has 6 aromatic heterocycles. The van der Waals surface area contributed by atoms with Crippen molar-refractivity contribution in [3.05, 3.63) is 197 Å². The van der Waals surface area contributed by atoms with Gasteiger partial charge < -0.3 is 40.2 Å². The summed E-state index contributed by atoms with van der Waals surface area (Å²) in [6, 6.07) is 25.8. The molecule has 0 saturated heterocycles. The number of nitrogens with zero attached hydrogens (tertiary/aromatic N) is 10. The Hall–Kier alpha value is -10.4. The molecule has 0 radical (unpaired) electrons. The van der Waals surface area contributed by atoms with Crippen LogP contribution in [0.1, 0.15) is 98.4 Å². The highest BCUT2D eigenvalue weighted by Gasteiger charge is 2.26. The van der Waals surface area contributed by atoms with Gasteiger partial charge in [0.15, 0.2) is 0 Å². The van der Waals surface area contributed by atoms with Crippen molar-refractivity contribution in [3.8, 4) is 45.4 Å². The summed E-state index contributed by atoms with van der Waals surface area (Å²) in [7, 11) is 2.97. The number of halogens is 2. The first kappa shape index (κ1) is 67.0. The fourth-order valence-corrected chi connectivity index (χ4v) is 9.86. The van der Waals surface area contributed by atoms with Crippen LogP contribution in [0.25, 0.3) is 55.4 Å². The molecule has 10 rings (SSSR count). The van der Waals surface area contributed by atoms with Crippen LogP contribution in [0.4, 0.5) is 31.8 Å². The van der Waals surface area contributed by atoms with Crippen LogP contribution >= 0.6 is 0 Å². The largest absolute Gasteiger partial charge is 0.484 e. The van der Waals surface area contributed by atoms with Crippen molar-refractivity contribution in [2.75, 3.05) is 23.8 Å². The van der Waals surface area contributed by atoms with Crippen molar-refractivity contribution < 1.29 is 43.1 Å². The van der Waals surface area contributed by atoms with Gasteiger partial charge in [-0.2, -0.15) is 29.8 Å². The maximum atomic E-state index is 15.5. The topological polar surface area (TPSA) is 295 Å². The Bertz CT molecular complexity index is 4740. The number of benzene rings is 4. The zero-order valence-electron chi connectivity index (χ0n) is 53.7. The van der Waals surface area contributed by atoms with Gasteiger partial charge in [-0.1, -0.05) is 65.8 Å². The Labute approximate surface area is 532 Å². The van der Waals surface area contributed by atoms with Gasteiger partial charge >= 0.3 is 5.97 Å². The SMILES string of the molecule is CC(=O)OCc1c(-c2cc(Nc3ccc(OC(C)(C)CO)cn3)c(=O)n(C)n2)cccc1-n1ncc2cc(C(C)(C)C)cc(F)c2c1=O.Cn1nc(-c2cccc(-n3ncc4cc(C(C)(C)C)cc(F)c4c3=O)c2CO)cc(Nc2ccc(OC(C)(C)CO)cn2)c1=O. The summed E-state index contributed by atoms with van der Waals surface area (Å²) in [5.41, 5.74) is -0.0923. The Morgan fingerprint density at radius 3 is 1.31 bits per heavy atom. The van der Waals surface area contributed by atoms with Crippen molar-refractivity contribution in [2.24, 2.45) is 14.1 Å². The Morgan fingerprint density at radius 1 is 0.538 bits per heavy atom. The molecule has 0 saturated carbocycles. The molecule has 0 atom stereocenters. The van der Waals surface area contributed by atoms with Gasteiger partial charge in [0.05, 0.1) is 78.1 Å². The molecule has 484 valence electrons. The molecule has 10 aromatic rings. The fourth-order valence-electron chi connectivity index (χ4n) is 9.86. The molecule has 0 aliphatic carbocycles. The number of nitrogens with one attached hydrogen (secondary N) is 2. The monoisotopic (exact) mass is 1270 g/mol. The minimum absolute atomic E-state index is 0.108. The summed E-state index contributed by atoms with van der Waals surface area (Å²) in [4.78, 5) is 74.0. The predicted octanol–water partition coefficient (Wildman–Crippen LogP) is 9.30. The molecule has 93 heavy (non-hydrogen) atoms. The number of ether oxygens (including phenoxy) is 3. The third kappa shape index (κ3) is 14.9. The lowest BCUT2D eigenvalue weighted by atomic mass is 9.86. The molecule has 0 aliphatic rings. The number of rotatable bonds is 17. The average Bonchev–Trinajstić information content (AvgIpc) is 0.768. The number of aromatic nitrogens is 10. The first-order valence-electron chi connectivity index (χ1n) is 29.5. The van der Waals surface area contributed by atoms with Crippen molar-refractivity contribution >= 4 is 50.5 Å². The highest BCUT2D eigenvalue weighted by Crippen LogP contribution is 2.34. The number of hydrogen-bond acceptors (Lipinski definition) is 19. The second-order valence-electron chi connectivity index (χ2n) is 25.4. The molecule has 0 unspecified atom stereocenters. The summed E-state index contributed by atoms with van der Waals surface area (Å²) in [6.45, 7) is 18.8. The lowest BCUT2D eigenvalue weighted by molar-refractivity contribution is -0.142. The van der Waals surface area contributed by atoms with Gasteiger partial charge in [-0.25, -0.2) is 28.1 Å². The standard InChI is InChI=1S/C35H37FN6O6.C33H35FN6O5/c1-20(44)47-18-25-24(9-8-10-29(25)42-33(46)31-21(16-38-42)13-22(14-26(31)36)34(2,3)4)27-15-28(32(45)41(7)40-27)39-30-12-11-23(17-37-30)48-35(5,6)19-43;1-32(2,3)20-12-19-15-36-40(31(44)29(19)24(34)13-20)27-9-7-8-22(23(27)17-41)25-14-26(30(43)39(6)38-25)37-28-11-10-21(16-35-28)45-33(4,5)18-42/h8-17,43H,18-19H2,1-7H3,(H,37,39);7-16,41-42H,17-18H2,1-6H3,(H,35,37). The van der Waals surface area contributed by atoms with E-state index in [-0.39, 0.29) is 64.2 Å². The van der Waals surface area contributed by atoms with Crippen LogP contribution in [-0.2, 0) is 47.7 Å². The number of anilines is 4. The molecule has 25 heteroatoms. The van der Waals surface area contributed by atoms with E-state index in [1.54, 1.807) is 100 Å². The molecule has 4 aromatic carbocycles. The average molecular weight is 1270 g/mol. The number of aryl methyl sites for hydroxylation is 2. The molecule has 5 N–H and O–H groups in total. The smallest absolute Gasteiger partial charge is 0.302 e.